The van der Waals surface area contributed by atoms with Gasteiger partial charge in [-0.25, -0.2) is 14.8 Å². The predicted molar refractivity (Wildman–Crippen MR) is 50.3 cm³/mol. The SMILES string of the molecule is Cc1nnc(-c2nccc(C(=O)O)n2)nn1. The Morgan fingerprint density at radius 1 is 1.19 bits per heavy atom. The minimum atomic E-state index is -1.14. The van der Waals surface area contributed by atoms with Crippen molar-refractivity contribution in [3.05, 3.63) is 23.8 Å². The van der Waals surface area contributed by atoms with Crippen molar-refractivity contribution in [1.29, 1.82) is 0 Å². The number of hydrogen-bond acceptors (Lipinski definition) is 7. The number of carboxylic acids is 1. The number of rotatable bonds is 2. The molecular formula is C8H6N6O2. The number of nitrogens with zero attached hydrogens (tertiary/aromatic N) is 6. The van der Waals surface area contributed by atoms with Gasteiger partial charge in [0, 0.05) is 6.20 Å². The Morgan fingerprint density at radius 3 is 2.50 bits per heavy atom. The summed E-state index contributed by atoms with van der Waals surface area (Å²) in [7, 11) is 0. The molecule has 0 fully saturated rings. The van der Waals surface area contributed by atoms with E-state index in [1.807, 2.05) is 0 Å². The highest BCUT2D eigenvalue weighted by atomic mass is 16.4. The molecule has 2 rings (SSSR count). The monoisotopic (exact) mass is 218 g/mol. The van der Waals surface area contributed by atoms with Crippen molar-refractivity contribution in [2.24, 2.45) is 0 Å². The summed E-state index contributed by atoms with van der Waals surface area (Å²) in [4.78, 5) is 18.3. The van der Waals surface area contributed by atoms with E-state index in [9.17, 15) is 4.79 Å². The van der Waals surface area contributed by atoms with Crippen LogP contribution in [0.4, 0.5) is 0 Å². The summed E-state index contributed by atoms with van der Waals surface area (Å²) in [6.45, 7) is 1.64. The van der Waals surface area contributed by atoms with E-state index < -0.39 is 5.97 Å². The minimum absolute atomic E-state index is 0.0832. The van der Waals surface area contributed by atoms with Gasteiger partial charge in [0.1, 0.15) is 0 Å². The molecule has 80 valence electrons. The average Bonchev–Trinajstić information content (AvgIpc) is 2.30. The minimum Gasteiger partial charge on any atom is -0.477 e. The molecule has 0 aliphatic carbocycles. The molecule has 0 aliphatic heterocycles. The van der Waals surface area contributed by atoms with Crippen molar-refractivity contribution >= 4 is 5.97 Å². The van der Waals surface area contributed by atoms with Crippen LogP contribution >= 0.6 is 0 Å². The van der Waals surface area contributed by atoms with Crippen LogP contribution in [0.3, 0.4) is 0 Å². The second kappa shape index (κ2) is 3.93. The molecular weight excluding hydrogens is 212 g/mol. The number of aromatic carboxylic acids is 1. The molecule has 0 amide bonds. The van der Waals surface area contributed by atoms with Crippen LogP contribution in [-0.4, -0.2) is 41.4 Å². The van der Waals surface area contributed by atoms with Crippen molar-refractivity contribution in [1.82, 2.24) is 30.4 Å². The fourth-order valence-electron chi connectivity index (χ4n) is 0.954. The van der Waals surface area contributed by atoms with Crippen LogP contribution in [0.25, 0.3) is 11.6 Å². The molecule has 16 heavy (non-hydrogen) atoms. The number of carbonyl (C=O) groups is 1. The first kappa shape index (κ1) is 10.0. The summed E-state index contributed by atoms with van der Waals surface area (Å²) in [6.07, 6.45) is 1.31. The lowest BCUT2D eigenvalue weighted by Crippen LogP contribution is -2.05. The molecule has 0 spiro atoms. The van der Waals surface area contributed by atoms with Crippen LogP contribution in [0.15, 0.2) is 12.3 Å². The van der Waals surface area contributed by atoms with Crippen molar-refractivity contribution < 1.29 is 9.90 Å². The van der Waals surface area contributed by atoms with Crippen molar-refractivity contribution in [3.63, 3.8) is 0 Å². The van der Waals surface area contributed by atoms with Crippen LogP contribution < -0.4 is 0 Å². The highest BCUT2D eigenvalue weighted by molar-refractivity contribution is 5.85. The van der Waals surface area contributed by atoms with Crippen molar-refractivity contribution in [3.8, 4) is 11.6 Å². The maximum absolute atomic E-state index is 10.7. The fourth-order valence-corrected chi connectivity index (χ4v) is 0.954. The molecule has 0 radical (unpaired) electrons. The van der Waals surface area contributed by atoms with E-state index in [-0.39, 0.29) is 17.3 Å². The molecule has 0 unspecified atom stereocenters. The molecule has 0 saturated carbocycles. The maximum atomic E-state index is 10.7. The molecule has 0 aromatic carbocycles. The lowest BCUT2D eigenvalue weighted by atomic mass is 10.4. The smallest absolute Gasteiger partial charge is 0.354 e. The molecule has 2 aromatic rings. The van der Waals surface area contributed by atoms with Gasteiger partial charge in [0.2, 0.25) is 11.6 Å². The zero-order chi connectivity index (χ0) is 11.5. The Balaban J connectivity index is 2.44. The molecule has 1 N–H and O–H groups in total. The predicted octanol–water partition coefficient (Wildman–Crippen LogP) is -0.270. The van der Waals surface area contributed by atoms with Crippen molar-refractivity contribution in [2.45, 2.75) is 6.92 Å². The number of hydrogen-bond donors (Lipinski definition) is 1. The first-order chi connectivity index (χ1) is 7.66. The number of aryl methyl sites for hydroxylation is 1. The lowest BCUT2D eigenvalue weighted by Gasteiger charge is -1.97. The van der Waals surface area contributed by atoms with Gasteiger partial charge >= 0.3 is 5.97 Å². The summed E-state index contributed by atoms with van der Waals surface area (Å²) >= 11 is 0. The topological polar surface area (TPSA) is 115 Å². The van der Waals surface area contributed by atoms with Crippen molar-refractivity contribution in [2.75, 3.05) is 0 Å². The average molecular weight is 218 g/mol. The van der Waals surface area contributed by atoms with Gasteiger partial charge in [-0.05, 0) is 13.0 Å². The summed E-state index contributed by atoms with van der Waals surface area (Å²) in [5, 5.41) is 23.5. The van der Waals surface area contributed by atoms with E-state index in [0.29, 0.717) is 5.82 Å². The highest BCUT2D eigenvalue weighted by Crippen LogP contribution is 2.06. The molecule has 2 aromatic heterocycles. The Kier molecular flexibility index (Phi) is 2.46. The van der Waals surface area contributed by atoms with Crippen LogP contribution in [0, 0.1) is 6.92 Å². The number of carboxylic acid groups (broad SMARTS) is 1. The van der Waals surface area contributed by atoms with Gasteiger partial charge in [0.25, 0.3) is 0 Å². The van der Waals surface area contributed by atoms with Crippen LogP contribution in [-0.2, 0) is 0 Å². The summed E-state index contributed by atoms with van der Waals surface area (Å²) < 4.78 is 0. The van der Waals surface area contributed by atoms with Gasteiger partial charge in [-0.2, -0.15) is 0 Å². The van der Waals surface area contributed by atoms with Gasteiger partial charge in [-0.3, -0.25) is 0 Å². The first-order valence-electron chi connectivity index (χ1n) is 4.27. The third kappa shape index (κ3) is 1.95. The van der Waals surface area contributed by atoms with E-state index in [4.69, 9.17) is 5.11 Å². The van der Waals surface area contributed by atoms with E-state index >= 15 is 0 Å². The normalized spacial score (nSPS) is 10.1. The number of aromatic nitrogens is 6. The van der Waals surface area contributed by atoms with Crippen LogP contribution in [0.1, 0.15) is 16.3 Å². The standard InChI is InChI=1S/C8H6N6O2/c1-4-11-13-7(14-12-4)6-9-3-2-5(10-6)8(15)16/h2-3H,1H3,(H,15,16). The second-order valence-corrected chi connectivity index (χ2v) is 2.84. The van der Waals surface area contributed by atoms with Crippen LogP contribution in [0.2, 0.25) is 0 Å². The first-order valence-corrected chi connectivity index (χ1v) is 4.27. The third-order valence-electron chi connectivity index (χ3n) is 1.65. The highest BCUT2D eigenvalue weighted by Gasteiger charge is 2.10. The van der Waals surface area contributed by atoms with Crippen LogP contribution in [0.5, 0.6) is 0 Å². The van der Waals surface area contributed by atoms with Gasteiger partial charge in [-0.15, -0.1) is 20.4 Å². The second-order valence-electron chi connectivity index (χ2n) is 2.84. The molecule has 8 heteroatoms. The summed E-state index contributed by atoms with van der Waals surface area (Å²) in [5.74, 6) is -0.552. The quantitative estimate of drug-likeness (QED) is 0.732. The van der Waals surface area contributed by atoms with Gasteiger partial charge in [0.05, 0.1) is 0 Å². The molecule has 0 saturated heterocycles. The van der Waals surface area contributed by atoms with E-state index in [2.05, 4.69) is 30.4 Å². The fraction of sp³-hybridized carbons (Fsp3) is 0.125. The van der Waals surface area contributed by atoms with Gasteiger partial charge < -0.3 is 5.11 Å². The summed E-state index contributed by atoms with van der Waals surface area (Å²) in [6, 6.07) is 1.28. The van der Waals surface area contributed by atoms with Gasteiger partial charge in [-0.1, -0.05) is 0 Å². The Labute approximate surface area is 89.4 Å². The Morgan fingerprint density at radius 2 is 1.88 bits per heavy atom. The zero-order valence-corrected chi connectivity index (χ0v) is 8.19. The largest absolute Gasteiger partial charge is 0.477 e. The molecule has 0 bridgehead atoms. The summed E-state index contributed by atoms with van der Waals surface area (Å²) in [5.41, 5.74) is -0.130. The molecule has 0 aliphatic rings. The van der Waals surface area contributed by atoms with E-state index in [0.717, 1.165) is 0 Å². The van der Waals surface area contributed by atoms with E-state index in [1.165, 1.54) is 12.3 Å². The molecule has 8 nitrogen and oxygen atoms in total. The molecule has 0 atom stereocenters. The van der Waals surface area contributed by atoms with E-state index in [1.54, 1.807) is 6.92 Å². The van der Waals surface area contributed by atoms with Gasteiger partial charge in [0.15, 0.2) is 11.5 Å². The zero-order valence-electron chi connectivity index (χ0n) is 8.19. The molecule has 2 heterocycles. The Hall–Kier alpha value is -2.51. The maximum Gasteiger partial charge on any atom is 0.354 e. The third-order valence-corrected chi connectivity index (χ3v) is 1.65. The Bertz CT molecular complexity index is 526. The lowest BCUT2D eigenvalue weighted by molar-refractivity contribution is 0.0690.